The van der Waals surface area contributed by atoms with Crippen molar-refractivity contribution in [3.8, 4) is 0 Å². The lowest BCUT2D eigenvalue weighted by Crippen LogP contribution is -2.12. The Balaban J connectivity index is 2.09. The number of aromatic nitrogens is 1. The van der Waals surface area contributed by atoms with Crippen LogP contribution >= 0.6 is 0 Å². The van der Waals surface area contributed by atoms with Crippen LogP contribution in [0.1, 0.15) is 27.2 Å². The fourth-order valence-corrected chi connectivity index (χ4v) is 2.94. The van der Waals surface area contributed by atoms with E-state index in [1.54, 1.807) is 25.3 Å². The molecular formula is C15H13N3O4S. The predicted octanol–water partition coefficient (Wildman–Crippen LogP) is 1.93. The number of allylic oxidation sites excluding steroid dienone is 1. The van der Waals surface area contributed by atoms with Crippen molar-refractivity contribution in [2.45, 2.75) is 11.8 Å². The third-order valence-electron chi connectivity index (χ3n) is 3.66. The Hall–Kier alpha value is -2.71. The van der Waals surface area contributed by atoms with Gasteiger partial charge < -0.3 is 10.1 Å². The highest BCUT2D eigenvalue weighted by Gasteiger charge is 2.18. The number of fused-ring (bicyclic) bond motifs is 1. The van der Waals surface area contributed by atoms with Gasteiger partial charge in [0, 0.05) is 29.2 Å². The molecule has 0 bridgehead atoms. The molecule has 1 aromatic heterocycles. The lowest BCUT2D eigenvalue weighted by atomic mass is 10.0. The van der Waals surface area contributed by atoms with Crippen LogP contribution < -0.4 is 5.14 Å². The molecule has 0 spiro atoms. The van der Waals surface area contributed by atoms with Crippen molar-refractivity contribution < 1.29 is 18.3 Å². The molecule has 8 heteroatoms. The van der Waals surface area contributed by atoms with Crippen molar-refractivity contribution in [1.29, 1.82) is 0 Å². The SMILES string of the molecule is Cc1c(C(=O)O)c[nH]c1C=C1C=Nc2ccc(S(N)(=O)=O)cc21. The molecule has 0 unspecified atom stereocenters. The molecule has 4 N–H and O–H groups in total. The Bertz CT molecular complexity index is 984. The first-order chi connectivity index (χ1) is 10.8. The van der Waals surface area contributed by atoms with Crippen molar-refractivity contribution in [1.82, 2.24) is 4.98 Å². The van der Waals surface area contributed by atoms with Crippen LogP contribution in [0, 0.1) is 6.92 Å². The second-order valence-corrected chi connectivity index (χ2v) is 6.69. The number of carboxylic acid groups (broad SMARTS) is 1. The highest BCUT2D eigenvalue weighted by molar-refractivity contribution is 7.89. The van der Waals surface area contributed by atoms with Crippen molar-refractivity contribution in [3.63, 3.8) is 0 Å². The summed E-state index contributed by atoms with van der Waals surface area (Å²) in [5.41, 5.74) is 3.33. The van der Waals surface area contributed by atoms with Gasteiger partial charge >= 0.3 is 5.97 Å². The van der Waals surface area contributed by atoms with Gasteiger partial charge in [0.2, 0.25) is 10.0 Å². The van der Waals surface area contributed by atoms with Crippen LogP contribution in [0.4, 0.5) is 5.69 Å². The Morgan fingerprint density at radius 3 is 2.74 bits per heavy atom. The van der Waals surface area contributed by atoms with Gasteiger partial charge in [0.25, 0.3) is 0 Å². The van der Waals surface area contributed by atoms with Crippen LogP contribution in [0.25, 0.3) is 11.6 Å². The van der Waals surface area contributed by atoms with Gasteiger partial charge in [0.15, 0.2) is 0 Å². The molecule has 1 aliphatic heterocycles. The highest BCUT2D eigenvalue weighted by atomic mass is 32.2. The molecule has 0 saturated heterocycles. The topological polar surface area (TPSA) is 126 Å². The van der Waals surface area contributed by atoms with E-state index < -0.39 is 16.0 Å². The Morgan fingerprint density at radius 1 is 1.39 bits per heavy atom. The zero-order valence-corrected chi connectivity index (χ0v) is 12.9. The molecule has 0 amide bonds. The molecule has 23 heavy (non-hydrogen) atoms. The highest BCUT2D eigenvalue weighted by Crippen LogP contribution is 2.34. The van der Waals surface area contributed by atoms with Gasteiger partial charge in [-0.1, -0.05) is 0 Å². The lowest BCUT2D eigenvalue weighted by Gasteiger charge is -2.03. The van der Waals surface area contributed by atoms with Crippen molar-refractivity contribution in [2.24, 2.45) is 10.1 Å². The quantitative estimate of drug-likeness (QED) is 0.794. The predicted molar refractivity (Wildman–Crippen MR) is 86.3 cm³/mol. The van der Waals surface area contributed by atoms with E-state index in [1.165, 1.54) is 18.3 Å². The van der Waals surface area contributed by atoms with Gasteiger partial charge in [-0.3, -0.25) is 4.99 Å². The third-order valence-corrected chi connectivity index (χ3v) is 4.57. The van der Waals surface area contributed by atoms with E-state index in [1.807, 2.05) is 0 Å². The molecule has 7 nitrogen and oxygen atoms in total. The summed E-state index contributed by atoms with van der Waals surface area (Å²) < 4.78 is 23.0. The second kappa shape index (κ2) is 5.18. The summed E-state index contributed by atoms with van der Waals surface area (Å²) in [5, 5.41) is 14.2. The molecule has 0 aliphatic carbocycles. The Kier molecular flexibility index (Phi) is 3.42. The van der Waals surface area contributed by atoms with Gasteiger partial charge in [-0.15, -0.1) is 0 Å². The number of sulfonamides is 1. The summed E-state index contributed by atoms with van der Waals surface area (Å²) >= 11 is 0. The number of nitrogens with two attached hydrogens (primary N) is 1. The van der Waals surface area contributed by atoms with Crippen molar-refractivity contribution >= 4 is 39.5 Å². The molecule has 3 rings (SSSR count). The first-order valence-corrected chi connectivity index (χ1v) is 8.16. The van der Waals surface area contributed by atoms with E-state index in [9.17, 15) is 13.2 Å². The van der Waals surface area contributed by atoms with Crippen molar-refractivity contribution in [3.05, 3.63) is 46.8 Å². The number of nitrogens with one attached hydrogen (secondary N) is 1. The van der Waals surface area contributed by atoms with E-state index in [4.69, 9.17) is 10.2 Å². The van der Waals surface area contributed by atoms with Crippen LogP contribution in [-0.4, -0.2) is 30.7 Å². The summed E-state index contributed by atoms with van der Waals surface area (Å²) in [6.07, 6.45) is 4.74. The number of aromatic carboxylic acids is 1. The molecule has 0 radical (unpaired) electrons. The molecule has 2 heterocycles. The molecular weight excluding hydrogens is 318 g/mol. The van der Waals surface area contributed by atoms with Crippen LogP contribution in [0.5, 0.6) is 0 Å². The fraction of sp³-hybridized carbons (Fsp3) is 0.0667. The summed E-state index contributed by atoms with van der Waals surface area (Å²) in [5.74, 6) is -1.01. The number of H-pyrrole nitrogens is 1. The maximum atomic E-state index is 11.5. The minimum absolute atomic E-state index is 0.00193. The number of rotatable bonds is 3. The molecule has 118 valence electrons. The number of benzene rings is 1. The van der Waals surface area contributed by atoms with Gasteiger partial charge in [0.05, 0.1) is 16.1 Å². The Morgan fingerprint density at radius 2 is 2.13 bits per heavy atom. The number of aromatic amines is 1. The van der Waals surface area contributed by atoms with Gasteiger partial charge in [-0.2, -0.15) is 0 Å². The van der Waals surface area contributed by atoms with Crippen LogP contribution in [0.2, 0.25) is 0 Å². The maximum absolute atomic E-state index is 11.5. The Labute approximate surface area is 132 Å². The standard InChI is InChI=1S/C15H13N3O4S/c1-8-12(15(19)20)7-18-14(8)4-9-6-17-13-3-2-10(5-11(9)13)23(16,21)22/h2-7,18H,1H3,(H,19,20)(H2,16,21,22). The number of aliphatic imine (C=N–C) groups is 1. The van der Waals surface area contributed by atoms with Gasteiger partial charge in [0.1, 0.15) is 0 Å². The lowest BCUT2D eigenvalue weighted by molar-refractivity contribution is 0.0696. The van der Waals surface area contributed by atoms with E-state index >= 15 is 0 Å². The summed E-state index contributed by atoms with van der Waals surface area (Å²) in [6, 6.07) is 4.44. The number of hydrogen-bond acceptors (Lipinski definition) is 4. The average molecular weight is 331 g/mol. The van der Waals surface area contributed by atoms with Crippen LogP contribution in [0.15, 0.2) is 34.3 Å². The summed E-state index contributed by atoms with van der Waals surface area (Å²) in [6.45, 7) is 1.69. The smallest absolute Gasteiger partial charge is 0.337 e. The van der Waals surface area contributed by atoms with E-state index in [2.05, 4.69) is 9.98 Å². The zero-order valence-electron chi connectivity index (χ0n) is 12.1. The molecule has 1 aromatic carbocycles. The molecule has 0 saturated carbocycles. The zero-order chi connectivity index (χ0) is 16.8. The largest absolute Gasteiger partial charge is 0.478 e. The normalized spacial score (nSPS) is 15.1. The summed E-state index contributed by atoms with van der Waals surface area (Å²) in [7, 11) is -3.80. The van der Waals surface area contributed by atoms with E-state index in [0.29, 0.717) is 28.1 Å². The van der Waals surface area contributed by atoms with Gasteiger partial charge in [-0.25, -0.2) is 18.4 Å². The third kappa shape index (κ3) is 2.69. The minimum Gasteiger partial charge on any atom is -0.478 e. The molecule has 1 aliphatic rings. The van der Waals surface area contributed by atoms with Crippen LogP contribution in [-0.2, 0) is 10.0 Å². The van der Waals surface area contributed by atoms with E-state index in [-0.39, 0.29) is 10.5 Å². The number of nitrogens with zero attached hydrogens (tertiary/aromatic N) is 1. The minimum atomic E-state index is -3.80. The monoisotopic (exact) mass is 331 g/mol. The molecule has 2 aromatic rings. The fourth-order valence-electron chi connectivity index (χ4n) is 2.40. The van der Waals surface area contributed by atoms with Crippen molar-refractivity contribution in [2.75, 3.05) is 0 Å². The second-order valence-electron chi connectivity index (χ2n) is 5.13. The number of hydrogen-bond donors (Lipinski definition) is 3. The number of carboxylic acids is 1. The molecule has 0 fully saturated rings. The van der Waals surface area contributed by atoms with Crippen LogP contribution in [0.3, 0.4) is 0 Å². The summed E-state index contributed by atoms with van der Waals surface area (Å²) in [4.78, 5) is 18.2. The average Bonchev–Trinajstić information content (AvgIpc) is 3.03. The first-order valence-electron chi connectivity index (χ1n) is 6.61. The maximum Gasteiger partial charge on any atom is 0.337 e. The number of primary sulfonamides is 1. The number of carbonyl (C=O) groups is 1. The first kappa shape index (κ1) is 15.2. The van der Waals surface area contributed by atoms with Gasteiger partial charge in [-0.05, 0) is 36.8 Å². The van der Waals surface area contributed by atoms with E-state index in [0.717, 1.165) is 0 Å². The molecule has 0 atom stereocenters.